The van der Waals surface area contributed by atoms with Gasteiger partial charge in [-0.05, 0) is 25.9 Å². The van der Waals surface area contributed by atoms with Crippen LogP contribution in [0.25, 0.3) is 0 Å². The van der Waals surface area contributed by atoms with E-state index in [1.165, 1.54) is 0 Å². The Kier molecular flexibility index (Phi) is 4.28. The summed E-state index contributed by atoms with van der Waals surface area (Å²) in [5, 5.41) is 2.84. The highest BCUT2D eigenvalue weighted by atomic mass is 32.1. The third-order valence-electron chi connectivity index (χ3n) is 2.41. The molecule has 0 aromatic rings. The Hall–Kier alpha value is -0.680. The number of hydrogen-bond acceptors (Lipinski definition) is 3. The van der Waals surface area contributed by atoms with E-state index in [0.717, 1.165) is 26.1 Å². The molecular formula is C9H17N3OS. The number of nitrogens with two attached hydrogens (primary N) is 1. The summed E-state index contributed by atoms with van der Waals surface area (Å²) in [6.07, 6.45) is 1.32. The van der Waals surface area contributed by atoms with Crippen LogP contribution in [-0.4, -0.2) is 42.5 Å². The topological polar surface area (TPSA) is 58.4 Å². The molecular weight excluding hydrogens is 198 g/mol. The number of rotatable bonds is 4. The van der Waals surface area contributed by atoms with Crippen molar-refractivity contribution >= 4 is 23.1 Å². The maximum absolute atomic E-state index is 11.2. The van der Waals surface area contributed by atoms with Gasteiger partial charge in [-0.25, -0.2) is 0 Å². The average Bonchev–Trinajstić information content (AvgIpc) is 2.47. The highest BCUT2D eigenvalue weighted by Gasteiger charge is 2.19. The largest absolute Gasteiger partial charge is 0.393 e. The van der Waals surface area contributed by atoms with Gasteiger partial charge in [0.1, 0.15) is 0 Å². The molecule has 4 nitrogen and oxygen atoms in total. The highest BCUT2D eigenvalue weighted by molar-refractivity contribution is 7.80. The van der Waals surface area contributed by atoms with Crippen LogP contribution in [-0.2, 0) is 4.79 Å². The minimum Gasteiger partial charge on any atom is -0.393 e. The lowest BCUT2D eigenvalue weighted by Crippen LogP contribution is -2.32. The molecule has 1 atom stereocenters. The zero-order chi connectivity index (χ0) is 10.6. The average molecular weight is 215 g/mol. The Balaban J connectivity index is 2.14. The Labute approximate surface area is 89.8 Å². The molecule has 1 rings (SSSR count). The first-order valence-electron chi connectivity index (χ1n) is 4.81. The molecule has 0 spiro atoms. The van der Waals surface area contributed by atoms with Gasteiger partial charge < -0.3 is 16.0 Å². The van der Waals surface area contributed by atoms with Gasteiger partial charge in [-0.2, -0.15) is 0 Å². The van der Waals surface area contributed by atoms with E-state index in [-0.39, 0.29) is 17.3 Å². The Bertz CT molecular complexity index is 232. The number of amides is 1. The summed E-state index contributed by atoms with van der Waals surface area (Å²) in [7, 11) is 2.09. The number of nitrogens with zero attached hydrogens (tertiary/aromatic N) is 1. The van der Waals surface area contributed by atoms with Crippen molar-refractivity contribution in [2.75, 3.05) is 26.7 Å². The lowest BCUT2D eigenvalue weighted by atomic mass is 10.1. The normalized spacial score (nSPS) is 22.2. The van der Waals surface area contributed by atoms with Gasteiger partial charge in [0.2, 0.25) is 5.91 Å². The molecule has 3 N–H and O–H groups in total. The van der Waals surface area contributed by atoms with Crippen molar-refractivity contribution in [1.82, 2.24) is 10.2 Å². The van der Waals surface area contributed by atoms with Crippen LogP contribution in [0, 0.1) is 5.92 Å². The predicted molar refractivity (Wildman–Crippen MR) is 60.0 cm³/mol. The smallest absolute Gasteiger partial charge is 0.226 e. The predicted octanol–water partition coefficient (Wildman–Crippen LogP) is -0.269. The molecule has 0 aromatic carbocycles. The van der Waals surface area contributed by atoms with Crippen molar-refractivity contribution in [2.45, 2.75) is 12.8 Å². The third-order valence-corrected chi connectivity index (χ3v) is 2.56. The summed E-state index contributed by atoms with van der Waals surface area (Å²) in [6.45, 7) is 2.93. The second-order valence-corrected chi connectivity index (χ2v) is 4.39. The lowest BCUT2D eigenvalue weighted by Gasteiger charge is -2.11. The second-order valence-electron chi connectivity index (χ2n) is 3.86. The van der Waals surface area contributed by atoms with Crippen molar-refractivity contribution in [3.05, 3.63) is 0 Å². The van der Waals surface area contributed by atoms with E-state index in [2.05, 4.69) is 29.5 Å². The van der Waals surface area contributed by atoms with Crippen LogP contribution in [0.4, 0.5) is 0 Å². The third kappa shape index (κ3) is 4.02. The molecule has 0 bridgehead atoms. The number of carbonyl (C=O) groups is 1. The first kappa shape index (κ1) is 11.4. The summed E-state index contributed by atoms with van der Waals surface area (Å²) in [5.74, 6) is 0.516. The fourth-order valence-corrected chi connectivity index (χ4v) is 1.80. The fraction of sp³-hybridized carbons (Fsp3) is 0.778. The molecule has 0 radical (unpaired) electrons. The fourth-order valence-electron chi connectivity index (χ4n) is 1.67. The molecule has 80 valence electrons. The van der Waals surface area contributed by atoms with Crippen LogP contribution in [0.1, 0.15) is 12.8 Å². The highest BCUT2D eigenvalue weighted by Crippen LogP contribution is 2.12. The van der Waals surface area contributed by atoms with Crippen molar-refractivity contribution in [2.24, 2.45) is 11.7 Å². The second kappa shape index (κ2) is 5.26. The van der Waals surface area contributed by atoms with Gasteiger partial charge in [0, 0.05) is 13.1 Å². The van der Waals surface area contributed by atoms with Crippen LogP contribution in [0.3, 0.4) is 0 Å². The van der Waals surface area contributed by atoms with Crippen LogP contribution < -0.4 is 11.1 Å². The van der Waals surface area contributed by atoms with Gasteiger partial charge in [0.25, 0.3) is 0 Å². The minimum atomic E-state index is -0.0629. The number of nitrogens with one attached hydrogen (secondary N) is 1. The zero-order valence-electron chi connectivity index (χ0n) is 8.45. The van der Waals surface area contributed by atoms with Gasteiger partial charge in [0.05, 0.1) is 11.4 Å². The van der Waals surface area contributed by atoms with Crippen LogP contribution in [0.15, 0.2) is 0 Å². The van der Waals surface area contributed by atoms with Crippen LogP contribution in [0.2, 0.25) is 0 Å². The summed E-state index contributed by atoms with van der Waals surface area (Å²) in [6, 6.07) is 0. The standard InChI is InChI=1S/C9H17N3OS/c1-12-3-2-7(6-12)5-11-9(13)4-8(10)14/h7H,2-6H2,1H3,(H2,10,14)(H,11,13). The molecule has 1 unspecified atom stereocenters. The first-order valence-corrected chi connectivity index (χ1v) is 5.22. The molecule has 0 aliphatic carbocycles. The van der Waals surface area contributed by atoms with E-state index in [9.17, 15) is 4.79 Å². The molecule has 0 aromatic heterocycles. The summed E-state index contributed by atoms with van der Waals surface area (Å²) in [4.78, 5) is 13.7. The van der Waals surface area contributed by atoms with E-state index in [0.29, 0.717) is 5.92 Å². The summed E-state index contributed by atoms with van der Waals surface area (Å²) in [5.41, 5.74) is 5.26. The molecule has 5 heteroatoms. The van der Waals surface area contributed by atoms with Crippen molar-refractivity contribution in [1.29, 1.82) is 0 Å². The minimum absolute atomic E-state index is 0.0629. The quantitative estimate of drug-likeness (QED) is 0.634. The molecule has 14 heavy (non-hydrogen) atoms. The zero-order valence-corrected chi connectivity index (χ0v) is 9.27. The Morgan fingerprint density at radius 2 is 2.43 bits per heavy atom. The summed E-state index contributed by atoms with van der Waals surface area (Å²) >= 11 is 4.65. The van der Waals surface area contributed by atoms with Gasteiger partial charge in [-0.15, -0.1) is 0 Å². The van der Waals surface area contributed by atoms with Crippen molar-refractivity contribution < 1.29 is 4.79 Å². The number of thiocarbonyl (C=S) groups is 1. The maximum atomic E-state index is 11.2. The Morgan fingerprint density at radius 1 is 1.71 bits per heavy atom. The Morgan fingerprint density at radius 3 is 2.93 bits per heavy atom. The van der Waals surface area contributed by atoms with E-state index < -0.39 is 0 Å². The number of hydrogen-bond donors (Lipinski definition) is 2. The molecule has 0 saturated carbocycles. The SMILES string of the molecule is CN1CCC(CNC(=O)CC(N)=S)C1. The van der Waals surface area contributed by atoms with Crippen molar-refractivity contribution in [3.8, 4) is 0 Å². The molecule has 1 saturated heterocycles. The van der Waals surface area contributed by atoms with Crippen LogP contribution >= 0.6 is 12.2 Å². The van der Waals surface area contributed by atoms with E-state index in [1.54, 1.807) is 0 Å². The van der Waals surface area contributed by atoms with E-state index in [4.69, 9.17) is 5.73 Å². The van der Waals surface area contributed by atoms with Gasteiger partial charge in [0.15, 0.2) is 0 Å². The molecule has 1 fully saturated rings. The van der Waals surface area contributed by atoms with Gasteiger partial charge in [-0.3, -0.25) is 4.79 Å². The van der Waals surface area contributed by atoms with Crippen LogP contribution in [0.5, 0.6) is 0 Å². The van der Waals surface area contributed by atoms with Crippen molar-refractivity contribution in [3.63, 3.8) is 0 Å². The van der Waals surface area contributed by atoms with E-state index in [1.807, 2.05) is 0 Å². The maximum Gasteiger partial charge on any atom is 0.226 e. The lowest BCUT2D eigenvalue weighted by molar-refractivity contribution is -0.120. The van der Waals surface area contributed by atoms with Gasteiger partial charge in [-0.1, -0.05) is 12.2 Å². The van der Waals surface area contributed by atoms with Gasteiger partial charge >= 0.3 is 0 Å². The first-order chi connectivity index (χ1) is 6.58. The summed E-state index contributed by atoms with van der Waals surface area (Å²) < 4.78 is 0. The number of carbonyl (C=O) groups excluding carboxylic acids is 1. The molecule has 1 heterocycles. The number of likely N-dealkylation sites (tertiary alicyclic amines) is 1. The van der Waals surface area contributed by atoms with E-state index >= 15 is 0 Å². The molecule has 1 aliphatic rings. The molecule has 1 amide bonds. The molecule has 1 aliphatic heterocycles. The monoisotopic (exact) mass is 215 g/mol.